The number of hydrogen-bond acceptors (Lipinski definition) is 6. The van der Waals surface area contributed by atoms with E-state index in [1.54, 1.807) is 35.5 Å². The zero-order chi connectivity index (χ0) is 21.1. The molecular formula is C22H21N7O. The number of anilines is 1. The van der Waals surface area contributed by atoms with E-state index < -0.39 is 0 Å². The fraction of sp³-hybridized carbons (Fsp3) is 0.182. The monoisotopic (exact) mass is 399 g/mol. The van der Waals surface area contributed by atoms with E-state index in [1.165, 1.54) is 6.33 Å². The minimum atomic E-state index is -0.193. The molecule has 1 N–H and O–H groups in total. The Kier molecular flexibility index (Phi) is 5.30. The van der Waals surface area contributed by atoms with E-state index in [9.17, 15) is 4.79 Å². The fourth-order valence-corrected chi connectivity index (χ4v) is 3.37. The Hall–Kier alpha value is -3.94. The number of rotatable bonds is 5. The average Bonchev–Trinajstić information content (AvgIpc) is 3.02. The van der Waals surface area contributed by atoms with E-state index in [2.05, 4.69) is 30.4 Å². The Labute approximate surface area is 174 Å². The molecule has 0 fully saturated rings. The second-order valence-electron chi connectivity index (χ2n) is 7.00. The Balaban J connectivity index is 1.48. The molecule has 0 aliphatic rings. The van der Waals surface area contributed by atoms with Crippen LogP contribution in [0.25, 0.3) is 22.3 Å². The van der Waals surface area contributed by atoms with Crippen LogP contribution in [0.3, 0.4) is 0 Å². The summed E-state index contributed by atoms with van der Waals surface area (Å²) in [5.74, 6) is 0.286. The largest absolute Gasteiger partial charge is 0.309 e. The third kappa shape index (κ3) is 4.07. The standard InChI is InChI=1S/C22H21N7O/c1-14-8-17(6-7-25-14)22-15(2)28-29(16(22)3)12-21(30)27-20-5-4-18(11-26-20)19-9-23-13-24-10-19/h4-11,13H,12H2,1-3H3,(H,26,27,30). The van der Waals surface area contributed by atoms with Crippen LogP contribution in [0.2, 0.25) is 0 Å². The van der Waals surface area contributed by atoms with E-state index in [0.29, 0.717) is 5.82 Å². The third-order valence-electron chi connectivity index (χ3n) is 4.79. The van der Waals surface area contributed by atoms with Crippen molar-refractivity contribution in [2.45, 2.75) is 27.3 Å². The maximum atomic E-state index is 12.6. The smallest absolute Gasteiger partial charge is 0.247 e. The van der Waals surface area contributed by atoms with Gasteiger partial charge in [0.05, 0.1) is 5.69 Å². The molecule has 30 heavy (non-hydrogen) atoms. The molecule has 4 aromatic rings. The number of nitrogens with one attached hydrogen (secondary N) is 1. The Morgan fingerprint density at radius 2 is 1.77 bits per heavy atom. The van der Waals surface area contributed by atoms with Gasteiger partial charge in [0.1, 0.15) is 18.7 Å². The van der Waals surface area contributed by atoms with Gasteiger partial charge >= 0.3 is 0 Å². The van der Waals surface area contributed by atoms with Gasteiger partial charge < -0.3 is 5.32 Å². The highest BCUT2D eigenvalue weighted by molar-refractivity contribution is 5.90. The summed E-state index contributed by atoms with van der Waals surface area (Å²) in [4.78, 5) is 29.1. The van der Waals surface area contributed by atoms with E-state index >= 15 is 0 Å². The molecular weight excluding hydrogens is 378 g/mol. The molecule has 4 rings (SSSR count). The van der Waals surface area contributed by atoms with Crippen LogP contribution in [0, 0.1) is 20.8 Å². The average molecular weight is 399 g/mol. The van der Waals surface area contributed by atoms with Gasteiger partial charge in [-0.1, -0.05) is 0 Å². The van der Waals surface area contributed by atoms with Crippen molar-refractivity contribution in [3.63, 3.8) is 0 Å². The maximum absolute atomic E-state index is 12.6. The molecule has 150 valence electrons. The number of carbonyl (C=O) groups is 1. The van der Waals surface area contributed by atoms with Crippen molar-refractivity contribution in [2.75, 3.05) is 5.32 Å². The van der Waals surface area contributed by atoms with Crippen molar-refractivity contribution in [3.8, 4) is 22.3 Å². The second kappa shape index (κ2) is 8.20. The zero-order valence-electron chi connectivity index (χ0n) is 17.0. The third-order valence-corrected chi connectivity index (χ3v) is 4.79. The number of aromatic nitrogens is 6. The first-order valence-electron chi connectivity index (χ1n) is 9.49. The Morgan fingerprint density at radius 3 is 2.47 bits per heavy atom. The molecule has 0 saturated heterocycles. The number of nitrogens with zero attached hydrogens (tertiary/aromatic N) is 6. The lowest BCUT2D eigenvalue weighted by Crippen LogP contribution is -2.20. The summed E-state index contributed by atoms with van der Waals surface area (Å²) in [7, 11) is 0. The van der Waals surface area contributed by atoms with Crippen molar-refractivity contribution >= 4 is 11.7 Å². The van der Waals surface area contributed by atoms with Gasteiger partial charge in [0, 0.05) is 52.9 Å². The normalized spacial score (nSPS) is 10.8. The van der Waals surface area contributed by atoms with Crippen LogP contribution in [0.5, 0.6) is 0 Å². The summed E-state index contributed by atoms with van der Waals surface area (Å²) in [5.41, 5.74) is 6.56. The first kappa shape index (κ1) is 19.4. The topological polar surface area (TPSA) is 98.5 Å². The van der Waals surface area contributed by atoms with Crippen molar-refractivity contribution in [3.05, 3.63) is 72.5 Å². The van der Waals surface area contributed by atoms with Gasteiger partial charge in [-0.2, -0.15) is 5.10 Å². The van der Waals surface area contributed by atoms with E-state index in [-0.39, 0.29) is 12.5 Å². The minimum absolute atomic E-state index is 0.104. The van der Waals surface area contributed by atoms with Crippen molar-refractivity contribution in [1.82, 2.24) is 29.7 Å². The number of hydrogen-bond donors (Lipinski definition) is 1. The van der Waals surface area contributed by atoms with E-state index in [4.69, 9.17) is 0 Å². The minimum Gasteiger partial charge on any atom is -0.309 e. The lowest BCUT2D eigenvalue weighted by Gasteiger charge is -2.08. The van der Waals surface area contributed by atoms with Gasteiger partial charge in [0.25, 0.3) is 0 Å². The van der Waals surface area contributed by atoms with Crippen LogP contribution in [-0.4, -0.2) is 35.6 Å². The lowest BCUT2D eigenvalue weighted by atomic mass is 10.0. The molecule has 0 spiro atoms. The summed E-state index contributed by atoms with van der Waals surface area (Å²) in [6.45, 7) is 5.97. The maximum Gasteiger partial charge on any atom is 0.247 e. The molecule has 0 aromatic carbocycles. The van der Waals surface area contributed by atoms with Crippen molar-refractivity contribution in [2.24, 2.45) is 0 Å². The van der Waals surface area contributed by atoms with Crippen molar-refractivity contribution < 1.29 is 4.79 Å². The van der Waals surface area contributed by atoms with Gasteiger partial charge in [-0.15, -0.1) is 0 Å². The SMILES string of the molecule is Cc1cc(-c2c(C)nn(CC(=O)Nc3ccc(-c4cncnc4)cn3)c2C)ccn1. The number of pyridine rings is 2. The van der Waals surface area contributed by atoms with Crippen LogP contribution in [0.1, 0.15) is 17.1 Å². The quantitative estimate of drug-likeness (QED) is 0.552. The van der Waals surface area contributed by atoms with Gasteiger partial charge in [-0.25, -0.2) is 15.0 Å². The molecule has 1 amide bonds. The highest BCUT2D eigenvalue weighted by atomic mass is 16.2. The number of carbonyl (C=O) groups excluding carboxylic acids is 1. The summed E-state index contributed by atoms with van der Waals surface area (Å²) in [5, 5.41) is 7.37. The first-order chi connectivity index (χ1) is 14.5. The zero-order valence-corrected chi connectivity index (χ0v) is 17.0. The molecule has 4 aromatic heterocycles. The van der Waals surface area contributed by atoms with Gasteiger partial charge in [0.15, 0.2) is 0 Å². The number of amides is 1. The summed E-state index contributed by atoms with van der Waals surface area (Å²) in [6, 6.07) is 7.60. The van der Waals surface area contributed by atoms with Crippen LogP contribution < -0.4 is 5.32 Å². The first-order valence-corrected chi connectivity index (χ1v) is 9.49. The van der Waals surface area contributed by atoms with Gasteiger partial charge in [0.2, 0.25) is 5.91 Å². The summed E-state index contributed by atoms with van der Waals surface area (Å²) < 4.78 is 1.71. The molecule has 0 aliphatic heterocycles. The predicted octanol–water partition coefficient (Wildman–Crippen LogP) is 3.36. The van der Waals surface area contributed by atoms with E-state index in [1.807, 2.05) is 39.0 Å². The Morgan fingerprint density at radius 1 is 0.967 bits per heavy atom. The molecule has 0 unspecified atom stereocenters. The molecule has 8 nitrogen and oxygen atoms in total. The summed E-state index contributed by atoms with van der Waals surface area (Å²) >= 11 is 0. The molecule has 8 heteroatoms. The highest BCUT2D eigenvalue weighted by Crippen LogP contribution is 2.27. The molecule has 0 bridgehead atoms. The molecule has 0 atom stereocenters. The van der Waals surface area contributed by atoms with Crippen molar-refractivity contribution in [1.29, 1.82) is 0 Å². The molecule has 0 saturated carbocycles. The highest BCUT2D eigenvalue weighted by Gasteiger charge is 2.16. The van der Waals surface area contributed by atoms with Crippen LogP contribution in [0.4, 0.5) is 5.82 Å². The van der Waals surface area contributed by atoms with Crippen LogP contribution in [0.15, 0.2) is 55.4 Å². The molecule has 0 aliphatic carbocycles. The van der Waals surface area contributed by atoms with Gasteiger partial charge in [-0.3, -0.25) is 14.5 Å². The lowest BCUT2D eigenvalue weighted by molar-refractivity contribution is -0.117. The van der Waals surface area contributed by atoms with E-state index in [0.717, 1.165) is 39.3 Å². The predicted molar refractivity (Wildman–Crippen MR) is 114 cm³/mol. The molecule has 4 heterocycles. The van der Waals surface area contributed by atoms with Gasteiger partial charge in [-0.05, 0) is 50.6 Å². The number of aryl methyl sites for hydroxylation is 2. The Bertz CT molecular complexity index is 1180. The summed E-state index contributed by atoms with van der Waals surface area (Å²) in [6.07, 6.45) is 8.37. The van der Waals surface area contributed by atoms with Crippen LogP contribution >= 0.6 is 0 Å². The second-order valence-corrected chi connectivity index (χ2v) is 7.00. The van der Waals surface area contributed by atoms with Crippen LogP contribution in [-0.2, 0) is 11.3 Å². The fourth-order valence-electron chi connectivity index (χ4n) is 3.37. The molecule has 0 radical (unpaired) electrons.